The molecule has 6 heteroatoms. The van der Waals surface area contributed by atoms with Gasteiger partial charge in [-0.3, -0.25) is 9.59 Å². The Morgan fingerprint density at radius 3 is 2.30 bits per heavy atom. The van der Waals surface area contributed by atoms with Gasteiger partial charge in [-0.1, -0.05) is 56.5 Å². The zero-order valence-electron chi connectivity index (χ0n) is 13.7. The van der Waals surface area contributed by atoms with Crippen molar-refractivity contribution in [1.29, 1.82) is 0 Å². The SMILES string of the molecule is CCCCOC(=O)C(CC)(CC)C(=O)Oc1cccc(Cl)c1Cl. The fourth-order valence-corrected chi connectivity index (χ4v) is 2.45. The normalized spacial score (nSPS) is 11.2. The summed E-state index contributed by atoms with van der Waals surface area (Å²) in [6.07, 6.45) is 2.22. The summed E-state index contributed by atoms with van der Waals surface area (Å²) in [6, 6.07) is 4.74. The molecule has 0 radical (unpaired) electrons. The topological polar surface area (TPSA) is 52.6 Å². The fraction of sp³-hybridized carbons (Fsp3) is 0.529. The summed E-state index contributed by atoms with van der Waals surface area (Å²) in [5, 5.41) is 0.420. The number of unbranched alkanes of at least 4 members (excludes halogenated alkanes) is 1. The van der Waals surface area contributed by atoms with Crippen LogP contribution in [-0.2, 0) is 14.3 Å². The van der Waals surface area contributed by atoms with Gasteiger partial charge in [-0.15, -0.1) is 0 Å². The highest BCUT2D eigenvalue weighted by Crippen LogP contribution is 2.35. The molecule has 0 unspecified atom stereocenters. The van der Waals surface area contributed by atoms with E-state index in [1.54, 1.807) is 26.0 Å². The first-order chi connectivity index (χ1) is 10.9. The van der Waals surface area contributed by atoms with Gasteiger partial charge >= 0.3 is 11.9 Å². The van der Waals surface area contributed by atoms with Crippen molar-refractivity contribution in [2.75, 3.05) is 6.61 Å². The number of benzene rings is 1. The van der Waals surface area contributed by atoms with Gasteiger partial charge in [0, 0.05) is 0 Å². The van der Waals surface area contributed by atoms with E-state index in [-0.39, 0.29) is 28.6 Å². The minimum atomic E-state index is -1.33. The number of ether oxygens (including phenoxy) is 2. The van der Waals surface area contributed by atoms with Crippen LogP contribution in [-0.4, -0.2) is 18.5 Å². The van der Waals surface area contributed by atoms with Gasteiger partial charge in [0.05, 0.1) is 11.6 Å². The fourth-order valence-electron chi connectivity index (χ4n) is 2.12. The minimum Gasteiger partial charge on any atom is -0.465 e. The smallest absolute Gasteiger partial charge is 0.328 e. The van der Waals surface area contributed by atoms with E-state index in [1.165, 1.54) is 6.07 Å². The van der Waals surface area contributed by atoms with Crippen LogP contribution >= 0.6 is 23.2 Å². The predicted molar refractivity (Wildman–Crippen MR) is 91.0 cm³/mol. The van der Waals surface area contributed by atoms with Crippen LogP contribution < -0.4 is 4.74 Å². The first-order valence-electron chi connectivity index (χ1n) is 7.76. The van der Waals surface area contributed by atoms with Gasteiger partial charge in [0.25, 0.3) is 0 Å². The molecule has 0 heterocycles. The second kappa shape index (κ2) is 9.14. The van der Waals surface area contributed by atoms with Crippen molar-refractivity contribution in [3.63, 3.8) is 0 Å². The lowest BCUT2D eigenvalue weighted by Gasteiger charge is -2.27. The summed E-state index contributed by atoms with van der Waals surface area (Å²) in [7, 11) is 0. The molecule has 0 saturated carbocycles. The van der Waals surface area contributed by atoms with E-state index in [0.29, 0.717) is 6.61 Å². The average Bonchev–Trinajstić information content (AvgIpc) is 2.54. The number of carbonyl (C=O) groups is 2. The van der Waals surface area contributed by atoms with E-state index in [4.69, 9.17) is 32.7 Å². The molecule has 0 spiro atoms. The van der Waals surface area contributed by atoms with E-state index < -0.39 is 17.4 Å². The quantitative estimate of drug-likeness (QED) is 0.281. The average molecular weight is 361 g/mol. The van der Waals surface area contributed by atoms with Crippen LogP contribution in [0.1, 0.15) is 46.5 Å². The standard InChI is InChI=1S/C17H22Cl2O4/c1-4-7-11-22-15(20)17(5-2,6-3)16(21)23-13-10-8-9-12(18)14(13)19/h8-10H,4-7,11H2,1-3H3. The monoisotopic (exact) mass is 360 g/mol. The van der Waals surface area contributed by atoms with E-state index in [9.17, 15) is 9.59 Å². The van der Waals surface area contributed by atoms with Crippen LogP contribution in [0.3, 0.4) is 0 Å². The molecule has 23 heavy (non-hydrogen) atoms. The van der Waals surface area contributed by atoms with Crippen LogP contribution in [0.15, 0.2) is 18.2 Å². The number of hydrogen-bond donors (Lipinski definition) is 0. The maximum Gasteiger partial charge on any atom is 0.328 e. The van der Waals surface area contributed by atoms with Crippen molar-refractivity contribution in [2.24, 2.45) is 5.41 Å². The van der Waals surface area contributed by atoms with Crippen molar-refractivity contribution < 1.29 is 19.1 Å². The summed E-state index contributed by atoms with van der Waals surface area (Å²) in [4.78, 5) is 25.0. The van der Waals surface area contributed by atoms with Crippen LogP contribution in [0, 0.1) is 5.41 Å². The first kappa shape index (κ1) is 19.8. The minimum absolute atomic E-state index is 0.136. The Hall–Kier alpha value is -1.26. The summed E-state index contributed by atoms with van der Waals surface area (Å²) >= 11 is 11.9. The third kappa shape index (κ3) is 4.61. The van der Waals surface area contributed by atoms with Crippen LogP contribution in [0.5, 0.6) is 5.75 Å². The molecule has 0 aliphatic rings. The Balaban J connectivity index is 2.97. The molecule has 0 aliphatic heterocycles. The molecule has 0 fully saturated rings. The first-order valence-corrected chi connectivity index (χ1v) is 8.52. The third-order valence-corrected chi connectivity index (χ3v) is 4.64. The molecule has 1 rings (SSSR count). The van der Waals surface area contributed by atoms with Crippen LogP contribution in [0.4, 0.5) is 0 Å². The number of rotatable bonds is 8. The summed E-state index contributed by atoms with van der Waals surface area (Å²) in [6.45, 7) is 5.80. The number of esters is 2. The molecule has 1 aromatic carbocycles. The largest absolute Gasteiger partial charge is 0.465 e. The van der Waals surface area contributed by atoms with Crippen LogP contribution in [0.2, 0.25) is 10.0 Å². The van der Waals surface area contributed by atoms with E-state index in [0.717, 1.165) is 12.8 Å². The molecule has 4 nitrogen and oxygen atoms in total. The van der Waals surface area contributed by atoms with E-state index in [2.05, 4.69) is 0 Å². The van der Waals surface area contributed by atoms with Crippen LogP contribution in [0.25, 0.3) is 0 Å². The highest BCUT2D eigenvalue weighted by Gasteiger charge is 2.46. The Kier molecular flexibility index (Phi) is 7.86. The lowest BCUT2D eigenvalue weighted by Crippen LogP contribution is -2.42. The van der Waals surface area contributed by atoms with E-state index in [1.807, 2.05) is 6.92 Å². The molecule has 0 bridgehead atoms. The van der Waals surface area contributed by atoms with E-state index >= 15 is 0 Å². The molecule has 0 aromatic heterocycles. The van der Waals surface area contributed by atoms with Gasteiger partial charge in [0.2, 0.25) is 0 Å². The van der Waals surface area contributed by atoms with Crippen molar-refractivity contribution >= 4 is 35.1 Å². The Bertz CT molecular complexity index is 554. The van der Waals surface area contributed by atoms with Gasteiger partial charge in [-0.2, -0.15) is 0 Å². The molecule has 128 valence electrons. The molecule has 1 aromatic rings. The third-order valence-electron chi connectivity index (χ3n) is 3.84. The second-order valence-corrected chi connectivity index (χ2v) is 6.01. The van der Waals surface area contributed by atoms with Gasteiger partial charge in [0.1, 0.15) is 5.02 Å². The van der Waals surface area contributed by atoms with Gasteiger partial charge in [-0.25, -0.2) is 0 Å². The number of halogens is 2. The predicted octanol–water partition coefficient (Wildman–Crippen LogP) is 5.05. The highest BCUT2D eigenvalue weighted by molar-refractivity contribution is 6.43. The summed E-state index contributed by atoms with van der Waals surface area (Å²) in [5.74, 6) is -1.09. The van der Waals surface area contributed by atoms with Crippen molar-refractivity contribution in [2.45, 2.75) is 46.5 Å². The lowest BCUT2D eigenvalue weighted by molar-refractivity contribution is -0.168. The molecule has 0 saturated heterocycles. The number of hydrogen-bond acceptors (Lipinski definition) is 4. The summed E-state index contributed by atoms with van der Waals surface area (Å²) in [5.41, 5.74) is -1.33. The Morgan fingerprint density at radius 2 is 1.74 bits per heavy atom. The Labute approximate surface area is 147 Å². The van der Waals surface area contributed by atoms with Gasteiger partial charge in [-0.05, 0) is 31.4 Å². The molecule has 0 aliphatic carbocycles. The molecule has 0 amide bonds. The molecule has 0 N–H and O–H groups in total. The zero-order chi connectivity index (χ0) is 17.5. The van der Waals surface area contributed by atoms with Gasteiger partial charge < -0.3 is 9.47 Å². The number of carbonyl (C=O) groups excluding carboxylic acids is 2. The van der Waals surface area contributed by atoms with Crippen molar-refractivity contribution in [3.8, 4) is 5.75 Å². The lowest BCUT2D eigenvalue weighted by atomic mass is 9.82. The Morgan fingerprint density at radius 1 is 1.09 bits per heavy atom. The molecular weight excluding hydrogens is 339 g/mol. The highest BCUT2D eigenvalue weighted by atomic mass is 35.5. The maximum absolute atomic E-state index is 12.6. The zero-order valence-corrected chi connectivity index (χ0v) is 15.2. The van der Waals surface area contributed by atoms with Crippen molar-refractivity contribution in [1.82, 2.24) is 0 Å². The summed E-state index contributed by atoms with van der Waals surface area (Å²) < 4.78 is 10.6. The molecule has 0 atom stereocenters. The second-order valence-electron chi connectivity index (χ2n) is 5.22. The van der Waals surface area contributed by atoms with Crippen molar-refractivity contribution in [3.05, 3.63) is 28.2 Å². The maximum atomic E-state index is 12.6. The molecular formula is C17H22Cl2O4. The van der Waals surface area contributed by atoms with Gasteiger partial charge in [0.15, 0.2) is 11.2 Å².